The zero-order valence-electron chi connectivity index (χ0n) is 17.6. The second-order valence-electron chi connectivity index (χ2n) is 7.33. The summed E-state index contributed by atoms with van der Waals surface area (Å²) in [5.74, 6) is -0.218. The summed E-state index contributed by atoms with van der Waals surface area (Å²) >= 11 is 0. The van der Waals surface area contributed by atoms with Crippen molar-refractivity contribution < 1.29 is 9.59 Å². The van der Waals surface area contributed by atoms with Gasteiger partial charge in [0.2, 0.25) is 0 Å². The molecule has 0 aliphatic carbocycles. The predicted octanol–water partition coefficient (Wildman–Crippen LogP) is 5.14. The van der Waals surface area contributed by atoms with Crippen molar-refractivity contribution in [3.8, 4) is 0 Å². The first kappa shape index (κ1) is 20.9. The highest BCUT2D eigenvalue weighted by molar-refractivity contribution is 6.05. The highest BCUT2D eigenvalue weighted by Crippen LogP contribution is 2.21. The van der Waals surface area contributed by atoms with Crippen LogP contribution in [-0.2, 0) is 6.54 Å². The normalized spacial score (nSPS) is 10.4. The number of hydrogen-bond acceptors (Lipinski definition) is 3. The van der Waals surface area contributed by atoms with Crippen LogP contribution in [0.3, 0.4) is 0 Å². The van der Waals surface area contributed by atoms with E-state index >= 15 is 0 Å². The average molecular weight is 425 g/mol. The van der Waals surface area contributed by atoms with Crippen molar-refractivity contribution in [1.29, 1.82) is 0 Å². The van der Waals surface area contributed by atoms with E-state index in [9.17, 15) is 9.59 Å². The fourth-order valence-electron chi connectivity index (χ4n) is 3.19. The van der Waals surface area contributed by atoms with E-state index in [1.165, 1.54) is 0 Å². The molecule has 3 N–H and O–H groups in total. The van der Waals surface area contributed by atoms with Crippen LogP contribution in [0.2, 0.25) is 0 Å². The molecule has 3 aromatic carbocycles. The fourth-order valence-corrected chi connectivity index (χ4v) is 3.19. The van der Waals surface area contributed by atoms with Gasteiger partial charge in [-0.3, -0.25) is 9.48 Å². The summed E-state index contributed by atoms with van der Waals surface area (Å²) in [5.41, 5.74) is 4.40. The number of para-hydroxylation sites is 1. The van der Waals surface area contributed by atoms with Crippen LogP contribution >= 0.6 is 0 Å². The maximum Gasteiger partial charge on any atom is 0.323 e. The van der Waals surface area contributed by atoms with Crippen molar-refractivity contribution in [1.82, 2.24) is 9.78 Å². The number of nitrogens with one attached hydrogen (secondary N) is 3. The maximum atomic E-state index is 12.7. The third-order valence-corrected chi connectivity index (χ3v) is 4.90. The van der Waals surface area contributed by atoms with E-state index in [0.717, 1.165) is 11.1 Å². The number of aromatic nitrogens is 2. The lowest BCUT2D eigenvalue weighted by Gasteiger charge is -2.12. The summed E-state index contributed by atoms with van der Waals surface area (Å²) in [5, 5.41) is 12.7. The van der Waals surface area contributed by atoms with Gasteiger partial charge in [0.1, 0.15) is 0 Å². The van der Waals surface area contributed by atoms with E-state index in [0.29, 0.717) is 29.2 Å². The Kier molecular flexibility index (Phi) is 6.27. The van der Waals surface area contributed by atoms with Crippen molar-refractivity contribution in [2.75, 3.05) is 16.0 Å². The van der Waals surface area contributed by atoms with E-state index in [4.69, 9.17) is 0 Å². The Morgan fingerprint density at radius 2 is 1.59 bits per heavy atom. The van der Waals surface area contributed by atoms with Gasteiger partial charge in [-0.1, -0.05) is 36.4 Å². The van der Waals surface area contributed by atoms with Crippen LogP contribution in [0.5, 0.6) is 0 Å². The number of urea groups is 1. The highest BCUT2D eigenvalue weighted by Gasteiger charge is 2.10. The van der Waals surface area contributed by atoms with Gasteiger partial charge in [0.15, 0.2) is 0 Å². The quantitative estimate of drug-likeness (QED) is 0.400. The Morgan fingerprint density at radius 3 is 2.31 bits per heavy atom. The van der Waals surface area contributed by atoms with E-state index in [-0.39, 0.29) is 11.9 Å². The third-order valence-electron chi connectivity index (χ3n) is 4.90. The van der Waals surface area contributed by atoms with Gasteiger partial charge in [0.25, 0.3) is 5.91 Å². The molecule has 4 aromatic rings. The molecule has 0 aliphatic heterocycles. The number of amides is 3. The standard InChI is InChI=1S/C25H23N5O2/c1-18-8-13-22(28-25(32)27-21-6-3-2-4-7-21)16-23(18)29-24(31)20-11-9-19(10-12-20)17-30-15-5-14-26-30/h2-16H,17H2,1H3,(H,29,31)(H2,27,28,32). The lowest BCUT2D eigenvalue weighted by Crippen LogP contribution is -2.19. The molecule has 4 rings (SSSR count). The van der Waals surface area contributed by atoms with Crippen LogP contribution in [0.25, 0.3) is 0 Å². The minimum atomic E-state index is -0.356. The first-order chi connectivity index (χ1) is 15.6. The van der Waals surface area contributed by atoms with E-state index in [2.05, 4.69) is 21.0 Å². The summed E-state index contributed by atoms with van der Waals surface area (Å²) in [6, 6.07) is 23.5. The summed E-state index contributed by atoms with van der Waals surface area (Å²) in [7, 11) is 0. The number of nitrogens with zero attached hydrogens (tertiary/aromatic N) is 2. The van der Waals surface area contributed by atoms with Crippen LogP contribution in [0.15, 0.2) is 91.3 Å². The molecular formula is C25H23N5O2. The maximum absolute atomic E-state index is 12.7. The minimum absolute atomic E-state index is 0.218. The van der Waals surface area contributed by atoms with Gasteiger partial charge in [0.05, 0.1) is 6.54 Å². The molecule has 0 spiro atoms. The first-order valence-electron chi connectivity index (χ1n) is 10.2. The molecular weight excluding hydrogens is 402 g/mol. The Labute approximate surface area is 186 Å². The number of aryl methyl sites for hydroxylation is 1. The van der Waals surface area contributed by atoms with Crippen LogP contribution in [0.4, 0.5) is 21.9 Å². The molecule has 1 heterocycles. The second kappa shape index (κ2) is 9.61. The molecule has 3 amide bonds. The Hall–Kier alpha value is -4.39. The van der Waals surface area contributed by atoms with E-state index in [1.807, 2.05) is 60.3 Å². The smallest absolute Gasteiger partial charge is 0.322 e. The zero-order valence-corrected chi connectivity index (χ0v) is 17.6. The minimum Gasteiger partial charge on any atom is -0.322 e. The molecule has 160 valence electrons. The average Bonchev–Trinajstić information content (AvgIpc) is 3.30. The number of benzene rings is 3. The molecule has 0 aliphatic rings. The summed E-state index contributed by atoms with van der Waals surface area (Å²) in [4.78, 5) is 25.0. The van der Waals surface area contributed by atoms with E-state index < -0.39 is 0 Å². The van der Waals surface area contributed by atoms with Crippen LogP contribution in [0.1, 0.15) is 21.5 Å². The van der Waals surface area contributed by atoms with Crippen LogP contribution < -0.4 is 16.0 Å². The molecule has 7 nitrogen and oxygen atoms in total. The van der Waals surface area contributed by atoms with Gasteiger partial charge in [-0.2, -0.15) is 5.10 Å². The fraction of sp³-hybridized carbons (Fsp3) is 0.0800. The zero-order chi connectivity index (χ0) is 22.3. The van der Waals surface area contributed by atoms with Gasteiger partial charge in [-0.05, 0) is 60.5 Å². The molecule has 0 bridgehead atoms. The molecule has 0 radical (unpaired) electrons. The van der Waals surface area contributed by atoms with E-state index in [1.54, 1.807) is 42.6 Å². The number of rotatable bonds is 6. The molecule has 0 saturated heterocycles. The van der Waals surface area contributed by atoms with Crippen molar-refractivity contribution in [3.05, 3.63) is 108 Å². The third kappa shape index (κ3) is 5.40. The van der Waals surface area contributed by atoms with Gasteiger partial charge in [-0.15, -0.1) is 0 Å². The number of hydrogen-bond donors (Lipinski definition) is 3. The Bertz CT molecular complexity index is 1200. The summed E-state index contributed by atoms with van der Waals surface area (Å²) in [6.07, 6.45) is 3.63. The highest BCUT2D eigenvalue weighted by atomic mass is 16.2. The SMILES string of the molecule is Cc1ccc(NC(=O)Nc2ccccc2)cc1NC(=O)c1ccc(Cn2cccn2)cc1. The van der Waals surface area contributed by atoms with Crippen molar-refractivity contribution in [3.63, 3.8) is 0 Å². The monoisotopic (exact) mass is 425 g/mol. The topological polar surface area (TPSA) is 88.0 Å². The van der Waals surface area contributed by atoms with Gasteiger partial charge in [-0.25, -0.2) is 4.79 Å². The predicted molar refractivity (Wildman–Crippen MR) is 126 cm³/mol. The lowest BCUT2D eigenvalue weighted by molar-refractivity contribution is 0.102. The molecule has 0 saturated carbocycles. The molecule has 7 heteroatoms. The van der Waals surface area contributed by atoms with Gasteiger partial charge < -0.3 is 16.0 Å². The number of carbonyl (C=O) groups excluding carboxylic acids is 2. The molecule has 1 aromatic heterocycles. The van der Waals surface area contributed by atoms with Crippen LogP contribution in [0, 0.1) is 6.92 Å². The number of carbonyl (C=O) groups is 2. The number of anilines is 3. The van der Waals surface area contributed by atoms with Crippen molar-refractivity contribution in [2.24, 2.45) is 0 Å². The summed E-state index contributed by atoms with van der Waals surface area (Å²) in [6.45, 7) is 2.55. The first-order valence-corrected chi connectivity index (χ1v) is 10.2. The molecule has 0 atom stereocenters. The largest absolute Gasteiger partial charge is 0.323 e. The lowest BCUT2D eigenvalue weighted by atomic mass is 10.1. The second-order valence-corrected chi connectivity index (χ2v) is 7.33. The van der Waals surface area contributed by atoms with Crippen molar-refractivity contribution in [2.45, 2.75) is 13.5 Å². The van der Waals surface area contributed by atoms with Gasteiger partial charge >= 0.3 is 6.03 Å². The molecule has 0 fully saturated rings. The van der Waals surface area contributed by atoms with Crippen molar-refractivity contribution >= 4 is 29.0 Å². The van der Waals surface area contributed by atoms with Crippen LogP contribution in [-0.4, -0.2) is 21.7 Å². The molecule has 0 unspecified atom stereocenters. The molecule has 32 heavy (non-hydrogen) atoms. The summed E-state index contributed by atoms with van der Waals surface area (Å²) < 4.78 is 1.82. The Balaban J connectivity index is 1.40. The Morgan fingerprint density at radius 1 is 0.844 bits per heavy atom. The van der Waals surface area contributed by atoms with Gasteiger partial charge in [0, 0.05) is 35.0 Å².